The molecule has 8 rings (SSSR count). The Hall–Kier alpha value is -6.12. The predicted molar refractivity (Wildman–Crippen MR) is 206 cm³/mol. The second kappa shape index (κ2) is 14.2. The van der Waals surface area contributed by atoms with Crippen LogP contribution in [0.3, 0.4) is 0 Å². The van der Waals surface area contributed by atoms with Gasteiger partial charge in [0.25, 0.3) is 5.56 Å². The molecule has 0 saturated carbocycles. The van der Waals surface area contributed by atoms with Gasteiger partial charge in [-0.15, -0.1) is 15.0 Å². The topological polar surface area (TPSA) is 83.4 Å². The zero-order valence-electron chi connectivity index (χ0n) is 28.7. The van der Waals surface area contributed by atoms with Crippen LogP contribution < -0.4 is 5.56 Å². The molecule has 0 saturated heterocycles. The summed E-state index contributed by atoms with van der Waals surface area (Å²) in [6, 6.07) is 50.8. The number of hydrogen-bond acceptors (Lipinski definition) is 5. The summed E-state index contributed by atoms with van der Waals surface area (Å²) in [5.74, 6) is 0.519. The maximum Gasteiger partial charge on any atom is 0.276 e. The van der Waals surface area contributed by atoms with Gasteiger partial charge in [-0.25, -0.2) is 9.67 Å². The van der Waals surface area contributed by atoms with Crippen molar-refractivity contribution in [3.05, 3.63) is 189 Å². The van der Waals surface area contributed by atoms with E-state index in [1.807, 2.05) is 77.5 Å². The molecule has 8 nitrogen and oxygen atoms in total. The van der Waals surface area contributed by atoms with E-state index in [0.29, 0.717) is 35.1 Å². The molecule has 3 aromatic heterocycles. The average molecular weight is 702 g/mol. The molecule has 0 N–H and O–H groups in total. The summed E-state index contributed by atoms with van der Waals surface area (Å²) in [6.07, 6.45) is 1.92. The Kier molecular flexibility index (Phi) is 9.05. The monoisotopic (exact) mass is 701 g/mol. The first-order valence-corrected chi connectivity index (χ1v) is 17.9. The van der Waals surface area contributed by atoms with E-state index < -0.39 is 5.54 Å². The second-order valence-electron chi connectivity index (χ2n) is 12.8. The van der Waals surface area contributed by atoms with Crippen LogP contribution in [0.2, 0.25) is 5.15 Å². The number of rotatable bonds is 11. The fraction of sp³-hybridized carbons (Fsp3) is 0.140. The maximum absolute atomic E-state index is 13.5. The number of aryl methyl sites for hydroxylation is 1. The lowest BCUT2D eigenvalue weighted by Gasteiger charge is -2.34. The number of hydrogen-bond donors (Lipinski definition) is 0. The number of nitrogens with zero attached hydrogens (tertiary/aromatic N) is 7. The van der Waals surface area contributed by atoms with Crippen LogP contribution in [-0.2, 0) is 18.6 Å². The van der Waals surface area contributed by atoms with Crippen LogP contribution in [0.5, 0.6) is 0 Å². The summed E-state index contributed by atoms with van der Waals surface area (Å²) in [6.45, 7) is 3.23. The largest absolute Gasteiger partial charge is 0.276 e. The predicted octanol–water partition coefficient (Wildman–Crippen LogP) is 8.86. The summed E-state index contributed by atoms with van der Waals surface area (Å²) >= 11 is 6.24. The summed E-state index contributed by atoms with van der Waals surface area (Å²) in [7, 11) is 0. The van der Waals surface area contributed by atoms with E-state index in [4.69, 9.17) is 27.0 Å². The third kappa shape index (κ3) is 5.91. The van der Waals surface area contributed by atoms with Crippen molar-refractivity contribution >= 4 is 22.6 Å². The van der Waals surface area contributed by atoms with Gasteiger partial charge in [0, 0.05) is 12.1 Å². The second-order valence-corrected chi connectivity index (χ2v) is 13.2. The van der Waals surface area contributed by atoms with Gasteiger partial charge in [-0.3, -0.25) is 9.48 Å². The first-order chi connectivity index (χ1) is 25.6. The van der Waals surface area contributed by atoms with Crippen LogP contribution in [-0.4, -0.2) is 34.6 Å². The van der Waals surface area contributed by atoms with E-state index in [9.17, 15) is 4.79 Å². The number of halogens is 1. The summed E-state index contributed by atoms with van der Waals surface area (Å²) in [5, 5.41) is 15.6. The Morgan fingerprint density at radius 2 is 1.23 bits per heavy atom. The van der Waals surface area contributed by atoms with Gasteiger partial charge in [0.05, 0.1) is 11.9 Å². The summed E-state index contributed by atoms with van der Waals surface area (Å²) in [4.78, 5) is 19.8. The fourth-order valence-corrected chi connectivity index (χ4v) is 7.23. The van der Waals surface area contributed by atoms with Gasteiger partial charge in [0.15, 0.2) is 11.2 Å². The van der Waals surface area contributed by atoms with Gasteiger partial charge in [-0.05, 0) is 57.1 Å². The molecular formula is C43H36ClN7O. The molecule has 8 aromatic rings. The Morgan fingerprint density at radius 1 is 0.654 bits per heavy atom. The Morgan fingerprint density at radius 3 is 1.83 bits per heavy atom. The highest BCUT2D eigenvalue weighted by Crippen LogP contribution is 2.40. The van der Waals surface area contributed by atoms with Crippen molar-refractivity contribution in [3.8, 4) is 22.5 Å². The quantitative estimate of drug-likeness (QED) is 0.0994. The molecule has 5 aromatic carbocycles. The molecule has 0 atom stereocenters. The Bertz CT molecular complexity index is 2410. The number of pyridine rings is 1. The van der Waals surface area contributed by atoms with Crippen molar-refractivity contribution in [1.29, 1.82) is 0 Å². The van der Waals surface area contributed by atoms with Crippen LogP contribution in [0.1, 0.15) is 42.0 Å². The van der Waals surface area contributed by atoms with Crippen LogP contribution in [0.25, 0.3) is 33.5 Å². The van der Waals surface area contributed by atoms with Crippen LogP contribution >= 0.6 is 11.6 Å². The normalized spacial score (nSPS) is 11.7. The third-order valence-electron chi connectivity index (χ3n) is 9.62. The van der Waals surface area contributed by atoms with Crippen molar-refractivity contribution in [2.45, 2.75) is 38.4 Å². The fourth-order valence-electron chi connectivity index (χ4n) is 7.08. The highest BCUT2D eigenvalue weighted by atomic mass is 35.5. The third-order valence-corrected chi connectivity index (χ3v) is 9.83. The van der Waals surface area contributed by atoms with Gasteiger partial charge < -0.3 is 0 Å². The SMILES string of the molecule is CCCCn1c2nc(Cl)ccc2c(=O)n1Cc1ccc(-c2ccccc2-c2nnn(C(c3ccccc3)(c3ccccc3)c3ccccc3)n2)cc1. The van der Waals surface area contributed by atoms with E-state index in [1.54, 1.807) is 21.6 Å². The molecule has 0 bridgehead atoms. The van der Waals surface area contributed by atoms with Crippen LogP contribution in [0.15, 0.2) is 156 Å². The molecule has 0 unspecified atom stereocenters. The highest BCUT2D eigenvalue weighted by molar-refractivity contribution is 6.29. The molecule has 52 heavy (non-hydrogen) atoms. The van der Waals surface area contributed by atoms with E-state index in [1.165, 1.54) is 0 Å². The molecule has 3 heterocycles. The number of aromatic nitrogens is 7. The van der Waals surface area contributed by atoms with Gasteiger partial charge in [0.2, 0.25) is 5.82 Å². The van der Waals surface area contributed by atoms with Crippen molar-refractivity contribution in [2.24, 2.45) is 0 Å². The smallest absolute Gasteiger partial charge is 0.267 e. The van der Waals surface area contributed by atoms with E-state index in [0.717, 1.165) is 51.8 Å². The lowest BCUT2D eigenvalue weighted by atomic mass is 9.77. The summed E-state index contributed by atoms with van der Waals surface area (Å²) < 4.78 is 3.74. The molecule has 0 fully saturated rings. The van der Waals surface area contributed by atoms with Crippen molar-refractivity contribution in [1.82, 2.24) is 34.6 Å². The zero-order chi connectivity index (χ0) is 35.5. The molecule has 0 aliphatic carbocycles. The molecule has 9 heteroatoms. The Balaban J connectivity index is 1.18. The van der Waals surface area contributed by atoms with Crippen molar-refractivity contribution in [3.63, 3.8) is 0 Å². The maximum atomic E-state index is 13.5. The average Bonchev–Trinajstić information content (AvgIpc) is 3.79. The molecule has 0 radical (unpaired) electrons. The van der Waals surface area contributed by atoms with E-state index >= 15 is 0 Å². The molecule has 0 amide bonds. The Labute approximate surface area is 306 Å². The standard InChI is InChI=1S/C43H36ClN7O/c1-2-3-29-49-41-38(27-28-39(44)45-41)42(52)50(49)30-31-23-25-32(26-24-31)36-21-13-14-22-37(36)40-46-48-51(47-40)43(33-15-7-4-8-16-33,34-17-9-5-10-18-34)35-19-11-6-12-20-35/h4-28H,2-3,29-30H2,1H3. The van der Waals surface area contributed by atoms with Gasteiger partial charge in [0.1, 0.15) is 5.15 Å². The molecule has 0 aliphatic rings. The first-order valence-electron chi connectivity index (χ1n) is 17.5. The number of benzene rings is 5. The molecule has 256 valence electrons. The van der Waals surface area contributed by atoms with Gasteiger partial charge in [-0.1, -0.05) is 164 Å². The van der Waals surface area contributed by atoms with E-state index in [-0.39, 0.29) is 5.56 Å². The number of fused-ring (bicyclic) bond motifs is 1. The van der Waals surface area contributed by atoms with Crippen LogP contribution in [0, 0.1) is 0 Å². The molecule has 0 spiro atoms. The minimum Gasteiger partial charge on any atom is -0.267 e. The van der Waals surface area contributed by atoms with Crippen LogP contribution in [0.4, 0.5) is 0 Å². The van der Waals surface area contributed by atoms with E-state index in [2.05, 4.69) is 78.6 Å². The first kappa shape index (κ1) is 33.0. The number of tetrazole rings is 1. The lowest BCUT2D eigenvalue weighted by Crippen LogP contribution is -2.39. The van der Waals surface area contributed by atoms with Gasteiger partial charge in [-0.2, -0.15) is 0 Å². The zero-order valence-corrected chi connectivity index (χ0v) is 29.4. The number of unbranched alkanes of at least 4 members (excludes halogenated alkanes) is 1. The van der Waals surface area contributed by atoms with Crippen molar-refractivity contribution in [2.75, 3.05) is 0 Å². The molecular weight excluding hydrogens is 666 g/mol. The van der Waals surface area contributed by atoms with Gasteiger partial charge >= 0.3 is 0 Å². The minimum absolute atomic E-state index is 0.0727. The summed E-state index contributed by atoms with van der Waals surface area (Å²) in [5.41, 5.74) is 6.58. The minimum atomic E-state index is -0.871. The lowest BCUT2D eigenvalue weighted by molar-refractivity contribution is 0.396. The van der Waals surface area contributed by atoms with Crippen molar-refractivity contribution < 1.29 is 0 Å². The molecule has 0 aliphatic heterocycles. The highest BCUT2D eigenvalue weighted by Gasteiger charge is 2.41.